The fourth-order valence-corrected chi connectivity index (χ4v) is 0. The molecule has 0 rings (SSSR count). The molecule has 0 aromatic carbocycles. The van der Waals surface area contributed by atoms with E-state index in [9.17, 15) is 0 Å². The third-order valence-corrected chi connectivity index (χ3v) is 0. The molecule has 0 atom stereocenters. The van der Waals surface area contributed by atoms with Crippen LogP contribution in [0.5, 0.6) is 0 Å². The van der Waals surface area contributed by atoms with E-state index in [1.54, 1.807) is 0 Å². The average Bonchev–Trinajstić information content (AvgIpc) is 1.12. The molecule has 8 nitrogen and oxygen atoms in total. The molecule has 0 aromatic rings. The van der Waals surface area contributed by atoms with Crippen molar-refractivity contribution in [2.75, 3.05) is 0 Å². The van der Waals surface area contributed by atoms with Crippen LogP contribution in [0.3, 0.4) is 0 Å². The Kier molecular flexibility index (Phi) is 10.3. The Labute approximate surface area is 76.8 Å². The van der Waals surface area contributed by atoms with E-state index in [2.05, 4.69) is 0 Å². The standard InChI is InChI=1S/Mo.H3O4P.H4O4Si/c;2*1-5(2,3)4/h;(H3,1,2,3,4);1-4H. The monoisotopic (exact) mass is 292 g/mol. The first-order chi connectivity index (χ1) is 4.00. The predicted molar refractivity (Wildman–Crippen MR) is 28.9 cm³/mol. The Morgan fingerprint density at radius 3 is 0.909 bits per heavy atom. The van der Waals surface area contributed by atoms with Gasteiger partial charge in [0.15, 0.2) is 0 Å². The Morgan fingerprint density at radius 2 is 0.909 bits per heavy atom. The van der Waals surface area contributed by atoms with Crippen LogP contribution in [0, 0.1) is 0 Å². The second-order valence-electron chi connectivity index (χ2n) is 1.11. The molecule has 0 aromatic heterocycles. The summed E-state index contributed by atoms with van der Waals surface area (Å²) in [5, 5.41) is 0. The van der Waals surface area contributed by atoms with Gasteiger partial charge in [-0.15, -0.1) is 0 Å². The van der Waals surface area contributed by atoms with Crippen molar-refractivity contribution in [3.8, 4) is 0 Å². The molecule has 0 aliphatic heterocycles. The largest absolute Gasteiger partial charge is 0.668 e. The minimum absolute atomic E-state index is 0. The van der Waals surface area contributed by atoms with E-state index in [1.807, 2.05) is 0 Å². The van der Waals surface area contributed by atoms with Crippen molar-refractivity contribution in [1.82, 2.24) is 0 Å². The van der Waals surface area contributed by atoms with Gasteiger partial charge in [0.25, 0.3) is 0 Å². The summed E-state index contributed by atoms with van der Waals surface area (Å²) in [6.45, 7) is 0. The second-order valence-corrected chi connectivity index (χ2v) is 3.34. The van der Waals surface area contributed by atoms with Crippen molar-refractivity contribution in [2.24, 2.45) is 0 Å². The Bertz CT molecular complexity index is 106. The quantitative estimate of drug-likeness (QED) is 0.178. The fraction of sp³-hybridized carbons (Fsp3) is 0. The molecular weight excluding hydrogens is 283 g/mol. The van der Waals surface area contributed by atoms with Gasteiger partial charge in [-0.2, -0.15) is 0 Å². The number of hydrogen-bond acceptors (Lipinski definition) is 5. The predicted octanol–water partition coefficient (Wildman–Crippen LogP) is -3.54. The summed E-state index contributed by atoms with van der Waals surface area (Å²) in [5.41, 5.74) is 0. The molecule has 0 heterocycles. The summed E-state index contributed by atoms with van der Waals surface area (Å²) >= 11 is 0. The fourth-order valence-electron chi connectivity index (χ4n) is 0. The third kappa shape index (κ3) is 1160. The van der Waals surface area contributed by atoms with E-state index < -0.39 is 16.9 Å². The van der Waals surface area contributed by atoms with Gasteiger partial charge in [0, 0.05) is 21.1 Å². The van der Waals surface area contributed by atoms with Gasteiger partial charge in [-0.05, 0) is 0 Å². The first kappa shape index (κ1) is 17.8. The van der Waals surface area contributed by atoms with E-state index >= 15 is 0 Å². The molecule has 11 heavy (non-hydrogen) atoms. The maximum absolute atomic E-state index is 8.88. The first-order valence-electron chi connectivity index (χ1n) is 1.68. The molecule has 0 amide bonds. The normalized spacial score (nSPS) is 10.8. The van der Waals surface area contributed by atoms with E-state index in [-0.39, 0.29) is 21.1 Å². The number of phosphoric acid groups is 1. The summed E-state index contributed by atoms with van der Waals surface area (Å²) in [6, 6.07) is 0. The van der Waals surface area contributed by atoms with Gasteiger partial charge < -0.3 is 33.9 Å². The second kappa shape index (κ2) is 6.38. The molecule has 0 radical (unpaired) electrons. The summed E-state index contributed by atoms with van der Waals surface area (Å²) in [7, 11) is -9.25. The van der Waals surface area contributed by atoms with Gasteiger partial charge in [0.1, 0.15) is 0 Å². The molecule has 0 fully saturated rings. The molecule has 0 saturated carbocycles. The smallest absolute Gasteiger partial charge is 0.368 e. The summed E-state index contributed by atoms with van der Waals surface area (Å²) in [6.07, 6.45) is 0. The third-order valence-electron chi connectivity index (χ3n) is 0. The van der Waals surface area contributed by atoms with Crippen LogP contribution in [-0.2, 0) is 25.6 Å². The van der Waals surface area contributed by atoms with Gasteiger partial charge in [-0.25, -0.2) is 4.57 Å². The molecular formula is H7MoO8PSi. The summed E-state index contributed by atoms with van der Waals surface area (Å²) in [5.74, 6) is 0. The summed E-state index contributed by atoms with van der Waals surface area (Å²) < 4.78 is 8.88. The van der Waals surface area contributed by atoms with Crippen LogP contribution in [0.15, 0.2) is 0 Å². The van der Waals surface area contributed by atoms with Crippen LogP contribution in [0.1, 0.15) is 0 Å². The molecule has 70 valence electrons. The van der Waals surface area contributed by atoms with Crippen molar-refractivity contribution in [3.05, 3.63) is 0 Å². The van der Waals surface area contributed by atoms with Crippen LogP contribution in [0.2, 0.25) is 0 Å². The van der Waals surface area contributed by atoms with Gasteiger partial charge in [0.05, 0.1) is 0 Å². The Morgan fingerprint density at radius 1 is 0.909 bits per heavy atom. The van der Waals surface area contributed by atoms with Crippen molar-refractivity contribution < 1.29 is 59.5 Å². The van der Waals surface area contributed by atoms with Gasteiger partial charge in [-0.1, -0.05) is 0 Å². The van der Waals surface area contributed by atoms with Crippen LogP contribution in [0.4, 0.5) is 0 Å². The van der Waals surface area contributed by atoms with E-state index in [1.165, 1.54) is 0 Å². The van der Waals surface area contributed by atoms with E-state index in [0.717, 1.165) is 0 Å². The first-order valence-corrected chi connectivity index (χ1v) is 5.03. The molecule has 7 N–H and O–H groups in total. The molecule has 11 heteroatoms. The summed E-state index contributed by atoms with van der Waals surface area (Å²) in [4.78, 5) is 50.9. The number of rotatable bonds is 0. The van der Waals surface area contributed by atoms with E-state index in [4.69, 9.17) is 38.4 Å². The molecule has 0 aliphatic rings. The van der Waals surface area contributed by atoms with Crippen molar-refractivity contribution in [2.45, 2.75) is 0 Å². The van der Waals surface area contributed by atoms with Crippen molar-refractivity contribution in [3.63, 3.8) is 0 Å². The minimum Gasteiger partial charge on any atom is -0.368 e. The van der Waals surface area contributed by atoms with Crippen LogP contribution < -0.4 is 0 Å². The zero-order valence-corrected chi connectivity index (χ0v) is 8.80. The van der Waals surface area contributed by atoms with Crippen molar-refractivity contribution in [1.29, 1.82) is 0 Å². The topological polar surface area (TPSA) is 159 Å². The number of hydrogen-bond donors (Lipinski definition) is 7. The Hall–Kier alpha value is 0.855. The zero-order valence-electron chi connectivity index (χ0n) is 4.89. The van der Waals surface area contributed by atoms with Gasteiger partial charge in [-0.3, -0.25) is 0 Å². The maximum atomic E-state index is 8.88. The minimum atomic E-state index is -4.64. The molecule has 0 bridgehead atoms. The molecule has 0 saturated heterocycles. The van der Waals surface area contributed by atoms with E-state index in [0.29, 0.717) is 0 Å². The van der Waals surface area contributed by atoms with Crippen LogP contribution in [-0.4, -0.2) is 42.9 Å². The average molecular weight is 290 g/mol. The SMILES string of the molecule is O=P(O)(O)O.O[Si](O)(O)O.[Mo]. The Balaban J connectivity index is -0.000000107. The van der Waals surface area contributed by atoms with Crippen LogP contribution >= 0.6 is 7.82 Å². The van der Waals surface area contributed by atoms with Crippen LogP contribution in [0.25, 0.3) is 0 Å². The molecule has 0 spiro atoms. The molecule has 0 unspecified atom stereocenters. The maximum Gasteiger partial charge on any atom is 0.668 e. The van der Waals surface area contributed by atoms with Gasteiger partial charge in [0.2, 0.25) is 0 Å². The van der Waals surface area contributed by atoms with Crippen molar-refractivity contribution >= 4 is 16.9 Å². The molecule has 0 aliphatic carbocycles. The van der Waals surface area contributed by atoms with Gasteiger partial charge >= 0.3 is 16.9 Å². The zero-order chi connectivity index (χ0) is 9.00.